The number of nitrogens with zero attached hydrogens (tertiary/aromatic N) is 2. The Balaban J connectivity index is 2.30. The Kier molecular flexibility index (Phi) is 3.90. The standard InChI is InChI=1S/C15H18BrN3/c1-15(2,3)12-9-13(17)19-14(18-12)8-10-4-6-11(16)7-5-10/h4-7,9H,8H2,1-3H3,(H2,17,18,19). The topological polar surface area (TPSA) is 51.8 Å². The highest BCUT2D eigenvalue weighted by Gasteiger charge is 2.17. The fourth-order valence-corrected chi connectivity index (χ4v) is 2.03. The molecule has 3 nitrogen and oxygen atoms in total. The van der Waals surface area contributed by atoms with Crippen LogP contribution in [0.2, 0.25) is 0 Å². The van der Waals surface area contributed by atoms with Gasteiger partial charge in [-0.3, -0.25) is 0 Å². The number of hydrogen-bond donors (Lipinski definition) is 1. The van der Waals surface area contributed by atoms with Gasteiger partial charge in [0.05, 0.1) is 5.69 Å². The van der Waals surface area contributed by atoms with Crippen LogP contribution in [0.3, 0.4) is 0 Å². The predicted octanol–water partition coefficient (Wildman–Crippen LogP) is 3.71. The number of nitrogen functional groups attached to an aromatic ring is 1. The summed E-state index contributed by atoms with van der Waals surface area (Å²) in [6, 6.07) is 10.0. The molecule has 0 saturated carbocycles. The van der Waals surface area contributed by atoms with Gasteiger partial charge in [-0.15, -0.1) is 0 Å². The van der Waals surface area contributed by atoms with E-state index >= 15 is 0 Å². The summed E-state index contributed by atoms with van der Waals surface area (Å²) in [4.78, 5) is 8.94. The molecule has 2 N–H and O–H groups in total. The second kappa shape index (κ2) is 5.29. The molecule has 2 aromatic rings. The lowest BCUT2D eigenvalue weighted by Gasteiger charge is -2.18. The average molecular weight is 320 g/mol. The van der Waals surface area contributed by atoms with E-state index in [-0.39, 0.29) is 5.41 Å². The van der Waals surface area contributed by atoms with Crippen LogP contribution in [-0.2, 0) is 11.8 Å². The van der Waals surface area contributed by atoms with Gasteiger partial charge in [-0.2, -0.15) is 0 Å². The summed E-state index contributed by atoms with van der Waals surface area (Å²) >= 11 is 3.43. The molecule has 100 valence electrons. The van der Waals surface area contributed by atoms with Crippen molar-refractivity contribution in [1.82, 2.24) is 9.97 Å². The van der Waals surface area contributed by atoms with E-state index in [4.69, 9.17) is 5.73 Å². The lowest BCUT2D eigenvalue weighted by Crippen LogP contribution is -2.16. The fraction of sp³-hybridized carbons (Fsp3) is 0.333. The molecule has 4 heteroatoms. The molecule has 0 radical (unpaired) electrons. The van der Waals surface area contributed by atoms with Gasteiger partial charge in [-0.1, -0.05) is 48.8 Å². The second-order valence-electron chi connectivity index (χ2n) is 5.65. The second-order valence-corrected chi connectivity index (χ2v) is 6.56. The number of hydrogen-bond acceptors (Lipinski definition) is 3. The third-order valence-corrected chi connectivity index (χ3v) is 3.36. The minimum Gasteiger partial charge on any atom is -0.384 e. The molecule has 0 aliphatic rings. The van der Waals surface area contributed by atoms with Crippen molar-refractivity contribution in [3.05, 3.63) is 51.9 Å². The predicted molar refractivity (Wildman–Crippen MR) is 82.1 cm³/mol. The molecule has 2 rings (SSSR count). The highest BCUT2D eigenvalue weighted by Crippen LogP contribution is 2.22. The van der Waals surface area contributed by atoms with Gasteiger partial charge in [0.15, 0.2) is 0 Å². The normalized spacial score (nSPS) is 11.6. The number of aromatic nitrogens is 2. The first kappa shape index (κ1) is 14.0. The lowest BCUT2D eigenvalue weighted by atomic mass is 9.92. The zero-order valence-electron chi connectivity index (χ0n) is 11.4. The van der Waals surface area contributed by atoms with Gasteiger partial charge in [0.25, 0.3) is 0 Å². The molecule has 0 saturated heterocycles. The van der Waals surface area contributed by atoms with Crippen LogP contribution in [0.25, 0.3) is 0 Å². The summed E-state index contributed by atoms with van der Waals surface area (Å²) in [5, 5.41) is 0. The molecule has 1 aromatic carbocycles. The molecule has 0 aliphatic heterocycles. The molecule has 1 heterocycles. The Morgan fingerprint density at radius 2 is 1.74 bits per heavy atom. The van der Waals surface area contributed by atoms with E-state index in [2.05, 4.69) is 58.8 Å². The number of anilines is 1. The molecule has 0 amide bonds. The zero-order chi connectivity index (χ0) is 14.0. The Labute approximate surface area is 122 Å². The molecule has 1 aromatic heterocycles. The van der Waals surface area contributed by atoms with Crippen LogP contribution in [-0.4, -0.2) is 9.97 Å². The van der Waals surface area contributed by atoms with Gasteiger partial charge < -0.3 is 5.73 Å². The van der Waals surface area contributed by atoms with E-state index in [1.54, 1.807) is 0 Å². The van der Waals surface area contributed by atoms with Gasteiger partial charge >= 0.3 is 0 Å². The third kappa shape index (κ3) is 3.77. The number of benzene rings is 1. The molecular weight excluding hydrogens is 302 g/mol. The number of rotatable bonds is 2. The van der Waals surface area contributed by atoms with Crippen LogP contribution in [0.15, 0.2) is 34.8 Å². The SMILES string of the molecule is CC(C)(C)c1cc(N)nc(Cc2ccc(Br)cc2)n1. The number of halogens is 1. The Bertz CT molecular complexity index is 571. The summed E-state index contributed by atoms with van der Waals surface area (Å²) in [5.74, 6) is 1.30. The van der Waals surface area contributed by atoms with Crippen molar-refractivity contribution in [1.29, 1.82) is 0 Å². The first-order chi connectivity index (χ1) is 8.84. The van der Waals surface area contributed by atoms with E-state index in [1.807, 2.05) is 18.2 Å². The summed E-state index contributed by atoms with van der Waals surface area (Å²) in [6.45, 7) is 6.37. The molecule has 0 spiro atoms. The van der Waals surface area contributed by atoms with Crippen molar-refractivity contribution in [3.63, 3.8) is 0 Å². The van der Waals surface area contributed by atoms with Crippen molar-refractivity contribution in [2.45, 2.75) is 32.6 Å². The van der Waals surface area contributed by atoms with E-state index in [1.165, 1.54) is 5.56 Å². The maximum atomic E-state index is 5.88. The van der Waals surface area contributed by atoms with Crippen LogP contribution in [0, 0.1) is 0 Å². The Morgan fingerprint density at radius 3 is 2.32 bits per heavy atom. The molecule has 0 atom stereocenters. The molecule has 0 fully saturated rings. The van der Waals surface area contributed by atoms with E-state index in [9.17, 15) is 0 Å². The van der Waals surface area contributed by atoms with Crippen LogP contribution >= 0.6 is 15.9 Å². The molecule has 0 bridgehead atoms. The van der Waals surface area contributed by atoms with Gasteiger partial charge in [0.1, 0.15) is 11.6 Å². The minimum atomic E-state index is -0.0223. The first-order valence-electron chi connectivity index (χ1n) is 6.23. The van der Waals surface area contributed by atoms with Gasteiger partial charge in [-0.05, 0) is 17.7 Å². The van der Waals surface area contributed by atoms with E-state index < -0.39 is 0 Å². The van der Waals surface area contributed by atoms with E-state index in [0.717, 1.165) is 16.0 Å². The maximum absolute atomic E-state index is 5.88. The largest absolute Gasteiger partial charge is 0.384 e. The Morgan fingerprint density at radius 1 is 1.11 bits per heavy atom. The smallest absolute Gasteiger partial charge is 0.135 e. The Hall–Kier alpha value is -1.42. The minimum absolute atomic E-state index is 0.0223. The van der Waals surface area contributed by atoms with Gasteiger partial charge in [0.2, 0.25) is 0 Å². The van der Waals surface area contributed by atoms with Crippen LogP contribution in [0.1, 0.15) is 37.9 Å². The molecule has 0 unspecified atom stereocenters. The van der Waals surface area contributed by atoms with Crippen LogP contribution in [0.5, 0.6) is 0 Å². The van der Waals surface area contributed by atoms with Crippen LogP contribution in [0.4, 0.5) is 5.82 Å². The molecular formula is C15H18BrN3. The highest BCUT2D eigenvalue weighted by atomic mass is 79.9. The summed E-state index contributed by atoms with van der Waals surface area (Å²) in [7, 11) is 0. The molecule has 0 aliphatic carbocycles. The zero-order valence-corrected chi connectivity index (χ0v) is 13.0. The van der Waals surface area contributed by atoms with Crippen molar-refractivity contribution >= 4 is 21.7 Å². The van der Waals surface area contributed by atoms with Gasteiger partial charge in [0, 0.05) is 22.4 Å². The summed E-state index contributed by atoms with van der Waals surface area (Å²) in [6.07, 6.45) is 0.696. The monoisotopic (exact) mass is 319 g/mol. The molecule has 19 heavy (non-hydrogen) atoms. The highest BCUT2D eigenvalue weighted by molar-refractivity contribution is 9.10. The summed E-state index contributed by atoms with van der Waals surface area (Å²) in [5.41, 5.74) is 8.01. The van der Waals surface area contributed by atoms with Crippen molar-refractivity contribution < 1.29 is 0 Å². The number of nitrogens with two attached hydrogens (primary N) is 1. The quantitative estimate of drug-likeness (QED) is 0.918. The van der Waals surface area contributed by atoms with Crippen molar-refractivity contribution in [3.8, 4) is 0 Å². The van der Waals surface area contributed by atoms with E-state index in [0.29, 0.717) is 12.2 Å². The third-order valence-electron chi connectivity index (χ3n) is 2.84. The van der Waals surface area contributed by atoms with Crippen molar-refractivity contribution in [2.24, 2.45) is 0 Å². The fourth-order valence-electron chi connectivity index (χ4n) is 1.77. The lowest BCUT2D eigenvalue weighted by molar-refractivity contribution is 0.563. The van der Waals surface area contributed by atoms with Gasteiger partial charge in [-0.25, -0.2) is 9.97 Å². The van der Waals surface area contributed by atoms with Crippen molar-refractivity contribution in [2.75, 3.05) is 5.73 Å². The average Bonchev–Trinajstić information content (AvgIpc) is 2.30. The first-order valence-corrected chi connectivity index (χ1v) is 7.02. The van der Waals surface area contributed by atoms with Crippen LogP contribution < -0.4 is 5.73 Å². The summed E-state index contributed by atoms with van der Waals surface area (Å²) < 4.78 is 1.07. The maximum Gasteiger partial charge on any atom is 0.135 e.